The highest BCUT2D eigenvalue weighted by atomic mass is 16.5. The van der Waals surface area contributed by atoms with Gasteiger partial charge in [-0.25, -0.2) is 4.79 Å². The Morgan fingerprint density at radius 2 is 2.18 bits per heavy atom. The summed E-state index contributed by atoms with van der Waals surface area (Å²) in [7, 11) is 0. The summed E-state index contributed by atoms with van der Waals surface area (Å²) in [6.07, 6.45) is 3.46. The summed E-state index contributed by atoms with van der Waals surface area (Å²) in [4.78, 5) is 22.4. The maximum Gasteiger partial charge on any atom is 0.335 e. The molecule has 5 nitrogen and oxygen atoms in total. The zero-order valence-corrected chi connectivity index (χ0v) is 9.46. The average Bonchev–Trinajstić information content (AvgIpc) is 2.33. The molecule has 1 N–H and O–H groups in total. The Labute approximate surface area is 98.6 Å². The lowest BCUT2D eigenvalue weighted by atomic mass is 10.0. The quantitative estimate of drug-likeness (QED) is 0.850. The molecule has 2 rings (SSSR count). The number of hydrogen-bond donors (Lipinski definition) is 1. The summed E-state index contributed by atoms with van der Waals surface area (Å²) in [6.45, 7) is 2.13. The van der Waals surface area contributed by atoms with Crippen LogP contribution in [0.5, 0.6) is 0 Å². The van der Waals surface area contributed by atoms with Gasteiger partial charge >= 0.3 is 5.97 Å². The van der Waals surface area contributed by atoms with Crippen molar-refractivity contribution in [2.45, 2.75) is 19.4 Å². The third kappa shape index (κ3) is 2.94. The lowest BCUT2D eigenvalue weighted by Gasteiger charge is -2.22. The van der Waals surface area contributed by atoms with E-state index in [4.69, 9.17) is 9.84 Å². The second kappa shape index (κ2) is 5.14. The van der Waals surface area contributed by atoms with Crippen molar-refractivity contribution in [3.05, 3.63) is 34.2 Å². The van der Waals surface area contributed by atoms with E-state index in [1.807, 2.05) is 0 Å². The fourth-order valence-corrected chi connectivity index (χ4v) is 2.00. The fraction of sp³-hybridized carbons (Fsp3) is 0.500. The van der Waals surface area contributed by atoms with Gasteiger partial charge in [0.15, 0.2) is 0 Å². The second-order valence-electron chi connectivity index (χ2n) is 4.27. The maximum absolute atomic E-state index is 11.7. The highest BCUT2D eigenvalue weighted by molar-refractivity contribution is 5.87. The number of pyridine rings is 1. The predicted octanol–water partition coefficient (Wildman–Crippen LogP) is 0.973. The lowest BCUT2D eigenvalue weighted by molar-refractivity contribution is 0.0609. The number of ether oxygens (including phenoxy) is 1. The third-order valence-electron chi connectivity index (χ3n) is 3.04. The van der Waals surface area contributed by atoms with Gasteiger partial charge in [-0.3, -0.25) is 4.79 Å². The summed E-state index contributed by atoms with van der Waals surface area (Å²) in [5.74, 6) is -0.627. The standard InChI is InChI=1S/C12H15NO4/c14-11-7-10(12(15)16)1-4-13(11)8-9-2-5-17-6-3-9/h1,4,7,9H,2-3,5-6,8H2,(H,15,16). The van der Waals surface area contributed by atoms with Crippen LogP contribution in [0.15, 0.2) is 23.1 Å². The topological polar surface area (TPSA) is 68.5 Å². The lowest BCUT2D eigenvalue weighted by Crippen LogP contribution is -2.27. The molecule has 5 heteroatoms. The van der Waals surface area contributed by atoms with Crippen LogP contribution in [-0.2, 0) is 11.3 Å². The van der Waals surface area contributed by atoms with E-state index in [0.717, 1.165) is 26.1 Å². The first kappa shape index (κ1) is 11.9. The van der Waals surface area contributed by atoms with Gasteiger partial charge < -0.3 is 14.4 Å². The minimum atomic E-state index is -1.07. The van der Waals surface area contributed by atoms with E-state index < -0.39 is 5.97 Å². The molecule has 1 saturated heterocycles. The molecule has 1 aromatic rings. The molecule has 0 aliphatic carbocycles. The molecule has 17 heavy (non-hydrogen) atoms. The van der Waals surface area contributed by atoms with Crippen LogP contribution in [0, 0.1) is 5.92 Å². The number of nitrogens with zero attached hydrogens (tertiary/aromatic N) is 1. The van der Waals surface area contributed by atoms with Crippen molar-refractivity contribution in [1.82, 2.24) is 4.57 Å². The molecule has 0 atom stereocenters. The minimum absolute atomic E-state index is 0.0400. The van der Waals surface area contributed by atoms with Gasteiger partial charge in [-0.15, -0.1) is 0 Å². The monoisotopic (exact) mass is 237 g/mol. The van der Waals surface area contributed by atoms with Crippen molar-refractivity contribution in [3.8, 4) is 0 Å². The van der Waals surface area contributed by atoms with Gasteiger partial charge in [0.2, 0.25) is 0 Å². The fourth-order valence-electron chi connectivity index (χ4n) is 2.00. The Balaban J connectivity index is 2.11. The van der Waals surface area contributed by atoms with Gasteiger partial charge in [-0.05, 0) is 24.8 Å². The van der Waals surface area contributed by atoms with Crippen molar-refractivity contribution in [2.24, 2.45) is 5.92 Å². The normalized spacial score (nSPS) is 16.9. The number of hydrogen-bond acceptors (Lipinski definition) is 3. The van der Waals surface area contributed by atoms with Crippen LogP contribution in [0.4, 0.5) is 0 Å². The molecule has 0 unspecified atom stereocenters. The van der Waals surface area contributed by atoms with E-state index in [2.05, 4.69) is 0 Å². The molecule has 1 fully saturated rings. The molecular weight excluding hydrogens is 222 g/mol. The van der Waals surface area contributed by atoms with Crippen molar-refractivity contribution in [2.75, 3.05) is 13.2 Å². The number of rotatable bonds is 3. The summed E-state index contributed by atoms with van der Waals surface area (Å²) >= 11 is 0. The SMILES string of the molecule is O=C(O)c1ccn(CC2CCOCC2)c(=O)c1. The zero-order chi connectivity index (χ0) is 12.3. The molecule has 0 amide bonds. The first-order valence-corrected chi connectivity index (χ1v) is 5.68. The molecule has 1 aliphatic heterocycles. The average molecular weight is 237 g/mol. The summed E-state index contributed by atoms with van der Waals surface area (Å²) in [5.41, 5.74) is -0.213. The van der Waals surface area contributed by atoms with E-state index >= 15 is 0 Å². The Morgan fingerprint density at radius 1 is 1.47 bits per heavy atom. The molecule has 0 aromatic carbocycles. The minimum Gasteiger partial charge on any atom is -0.478 e. The van der Waals surface area contributed by atoms with Crippen LogP contribution in [0.25, 0.3) is 0 Å². The second-order valence-corrected chi connectivity index (χ2v) is 4.27. The highest BCUT2D eigenvalue weighted by Gasteiger charge is 2.15. The van der Waals surface area contributed by atoms with E-state index in [9.17, 15) is 9.59 Å². The Hall–Kier alpha value is -1.62. The number of aromatic carboxylic acids is 1. The van der Waals surface area contributed by atoms with Gasteiger partial charge in [0, 0.05) is 32.0 Å². The van der Waals surface area contributed by atoms with E-state index in [-0.39, 0.29) is 11.1 Å². The molecule has 0 bridgehead atoms. The Morgan fingerprint density at radius 3 is 2.76 bits per heavy atom. The molecule has 92 valence electrons. The molecule has 0 spiro atoms. The molecule has 0 radical (unpaired) electrons. The first-order valence-electron chi connectivity index (χ1n) is 5.68. The van der Waals surface area contributed by atoms with Crippen molar-refractivity contribution in [3.63, 3.8) is 0 Å². The van der Waals surface area contributed by atoms with E-state index in [0.29, 0.717) is 12.5 Å². The van der Waals surface area contributed by atoms with Gasteiger partial charge in [0.25, 0.3) is 5.56 Å². The Bertz CT molecular complexity index is 460. The molecular formula is C12H15NO4. The summed E-state index contributed by atoms with van der Waals surface area (Å²) < 4.78 is 6.82. The van der Waals surface area contributed by atoms with Crippen LogP contribution in [0.2, 0.25) is 0 Å². The van der Waals surface area contributed by atoms with E-state index in [1.54, 1.807) is 10.8 Å². The van der Waals surface area contributed by atoms with Crippen LogP contribution < -0.4 is 5.56 Å². The zero-order valence-electron chi connectivity index (χ0n) is 9.46. The predicted molar refractivity (Wildman–Crippen MR) is 61.2 cm³/mol. The molecule has 1 aromatic heterocycles. The van der Waals surface area contributed by atoms with Crippen molar-refractivity contribution >= 4 is 5.97 Å². The number of carbonyl (C=O) groups is 1. The van der Waals surface area contributed by atoms with Gasteiger partial charge in [0.05, 0.1) is 5.56 Å². The molecule has 0 saturated carbocycles. The van der Waals surface area contributed by atoms with Crippen molar-refractivity contribution < 1.29 is 14.6 Å². The van der Waals surface area contributed by atoms with Crippen LogP contribution in [0.1, 0.15) is 23.2 Å². The molecule has 2 heterocycles. The van der Waals surface area contributed by atoms with Crippen LogP contribution in [0.3, 0.4) is 0 Å². The molecule has 1 aliphatic rings. The number of aromatic nitrogens is 1. The van der Waals surface area contributed by atoms with Crippen LogP contribution >= 0.6 is 0 Å². The third-order valence-corrected chi connectivity index (χ3v) is 3.04. The van der Waals surface area contributed by atoms with Gasteiger partial charge in [0.1, 0.15) is 0 Å². The largest absolute Gasteiger partial charge is 0.478 e. The van der Waals surface area contributed by atoms with Crippen molar-refractivity contribution in [1.29, 1.82) is 0 Å². The van der Waals surface area contributed by atoms with Gasteiger partial charge in [-0.2, -0.15) is 0 Å². The first-order chi connectivity index (χ1) is 8.16. The van der Waals surface area contributed by atoms with Crippen LogP contribution in [-0.4, -0.2) is 28.9 Å². The smallest absolute Gasteiger partial charge is 0.335 e. The highest BCUT2D eigenvalue weighted by Crippen LogP contribution is 2.15. The summed E-state index contributed by atoms with van der Waals surface area (Å²) in [6, 6.07) is 2.63. The summed E-state index contributed by atoms with van der Waals surface area (Å²) in [5, 5.41) is 8.76. The number of carboxylic acid groups (broad SMARTS) is 1. The maximum atomic E-state index is 11.7. The van der Waals surface area contributed by atoms with E-state index in [1.165, 1.54) is 12.1 Å². The number of carboxylic acids is 1. The Kier molecular flexibility index (Phi) is 3.58. The van der Waals surface area contributed by atoms with Gasteiger partial charge in [-0.1, -0.05) is 0 Å².